The van der Waals surface area contributed by atoms with E-state index in [9.17, 15) is 10.1 Å². The van der Waals surface area contributed by atoms with E-state index in [1.807, 2.05) is 12.1 Å². The minimum Gasteiger partial charge on any atom is -0.439 e. The molecule has 2 aromatic rings. The Hall–Kier alpha value is -2.67. The standard InChI is InChI=1S/C13H14N4O3/c1-2-9-3-5-11(6-4-9)20-13-8-10(17(18)19)7-12(15-13)16-14/h3-8H,2,14H2,1H3,(H,15,16). The van der Waals surface area contributed by atoms with E-state index in [-0.39, 0.29) is 17.4 Å². The molecule has 0 unspecified atom stereocenters. The van der Waals surface area contributed by atoms with Gasteiger partial charge in [0.2, 0.25) is 5.88 Å². The van der Waals surface area contributed by atoms with Crippen LogP contribution in [0.4, 0.5) is 11.5 Å². The first kappa shape index (κ1) is 13.8. The van der Waals surface area contributed by atoms with Gasteiger partial charge in [-0.1, -0.05) is 19.1 Å². The molecule has 7 heteroatoms. The van der Waals surface area contributed by atoms with Crippen LogP contribution in [0.15, 0.2) is 36.4 Å². The van der Waals surface area contributed by atoms with Crippen LogP contribution in [0, 0.1) is 10.1 Å². The fourth-order valence-corrected chi connectivity index (χ4v) is 1.64. The Bertz CT molecular complexity index is 614. The summed E-state index contributed by atoms with van der Waals surface area (Å²) in [5, 5.41) is 10.8. The molecule has 0 saturated carbocycles. The van der Waals surface area contributed by atoms with Gasteiger partial charge in [-0.3, -0.25) is 10.1 Å². The third-order valence-electron chi connectivity index (χ3n) is 2.70. The normalized spacial score (nSPS) is 10.1. The first-order valence-electron chi connectivity index (χ1n) is 6.02. The molecule has 1 aromatic carbocycles. The smallest absolute Gasteiger partial charge is 0.278 e. The molecule has 7 nitrogen and oxygen atoms in total. The lowest BCUT2D eigenvalue weighted by Gasteiger charge is -2.07. The number of hydrazine groups is 1. The number of aromatic nitrogens is 1. The zero-order valence-corrected chi connectivity index (χ0v) is 10.9. The number of benzene rings is 1. The quantitative estimate of drug-likeness (QED) is 0.493. The van der Waals surface area contributed by atoms with Crippen molar-refractivity contribution in [2.75, 3.05) is 5.43 Å². The van der Waals surface area contributed by atoms with Gasteiger partial charge >= 0.3 is 0 Å². The highest BCUT2D eigenvalue weighted by atomic mass is 16.6. The number of nitrogen functional groups attached to an aromatic ring is 1. The second kappa shape index (κ2) is 5.98. The average molecular weight is 274 g/mol. The molecule has 104 valence electrons. The van der Waals surface area contributed by atoms with E-state index in [2.05, 4.69) is 17.3 Å². The van der Waals surface area contributed by atoms with Crippen molar-refractivity contribution in [1.82, 2.24) is 4.98 Å². The molecule has 0 fully saturated rings. The van der Waals surface area contributed by atoms with Crippen molar-refractivity contribution in [3.63, 3.8) is 0 Å². The van der Waals surface area contributed by atoms with Gasteiger partial charge in [0.25, 0.3) is 5.69 Å². The molecule has 0 atom stereocenters. The van der Waals surface area contributed by atoms with Crippen molar-refractivity contribution in [1.29, 1.82) is 0 Å². The van der Waals surface area contributed by atoms with E-state index in [1.165, 1.54) is 17.7 Å². The van der Waals surface area contributed by atoms with Gasteiger partial charge in [-0.15, -0.1) is 0 Å². The fraction of sp³-hybridized carbons (Fsp3) is 0.154. The van der Waals surface area contributed by atoms with Crippen LogP contribution in [-0.2, 0) is 6.42 Å². The van der Waals surface area contributed by atoms with Crippen LogP contribution in [0.25, 0.3) is 0 Å². The maximum Gasteiger partial charge on any atom is 0.278 e. The lowest BCUT2D eigenvalue weighted by Crippen LogP contribution is -2.09. The van der Waals surface area contributed by atoms with E-state index in [1.54, 1.807) is 12.1 Å². The summed E-state index contributed by atoms with van der Waals surface area (Å²) in [7, 11) is 0. The number of hydrogen-bond acceptors (Lipinski definition) is 6. The van der Waals surface area contributed by atoms with Gasteiger partial charge in [0.15, 0.2) is 5.82 Å². The number of rotatable bonds is 5. The van der Waals surface area contributed by atoms with E-state index in [0.29, 0.717) is 5.75 Å². The Labute approximate surface area is 115 Å². The number of nitro groups is 1. The van der Waals surface area contributed by atoms with Crippen LogP contribution in [-0.4, -0.2) is 9.91 Å². The molecule has 0 spiro atoms. The number of nitrogens with zero attached hydrogens (tertiary/aromatic N) is 2. The van der Waals surface area contributed by atoms with Crippen molar-refractivity contribution in [2.24, 2.45) is 5.84 Å². The molecule has 0 aliphatic heterocycles. The highest BCUT2D eigenvalue weighted by molar-refractivity contribution is 5.48. The molecule has 0 radical (unpaired) electrons. The molecule has 1 aromatic heterocycles. The summed E-state index contributed by atoms with van der Waals surface area (Å²) in [6.45, 7) is 2.05. The summed E-state index contributed by atoms with van der Waals surface area (Å²) < 4.78 is 5.50. The average Bonchev–Trinajstić information content (AvgIpc) is 2.47. The molecule has 0 saturated heterocycles. The lowest BCUT2D eigenvalue weighted by atomic mass is 10.2. The van der Waals surface area contributed by atoms with E-state index >= 15 is 0 Å². The van der Waals surface area contributed by atoms with Crippen LogP contribution in [0.5, 0.6) is 11.6 Å². The number of pyridine rings is 1. The molecule has 0 amide bonds. The Balaban J connectivity index is 2.27. The summed E-state index contributed by atoms with van der Waals surface area (Å²) in [6, 6.07) is 9.90. The molecular weight excluding hydrogens is 260 g/mol. The third kappa shape index (κ3) is 3.21. The number of nitrogens with one attached hydrogen (secondary N) is 1. The Kier molecular flexibility index (Phi) is 4.11. The van der Waals surface area contributed by atoms with Gasteiger partial charge in [-0.25, -0.2) is 5.84 Å². The molecule has 3 N–H and O–H groups in total. The number of hydrogen-bond donors (Lipinski definition) is 2. The minimum absolute atomic E-state index is 0.108. The first-order chi connectivity index (χ1) is 9.62. The Morgan fingerprint density at radius 1 is 1.35 bits per heavy atom. The van der Waals surface area contributed by atoms with E-state index < -0.39 is 4.92 Å². The van der Waals surface area contributed by atoms with Gasteiger partial charge in [0.1, 0.15) is 5.75 Å². The fourth-order valence-electron chi connectivity index (χ4n) is 1.64. The van der Waals surface area contributed by atoms with Crippen LogP contribution < -0.4 is 16.0 Å². The first-order valence-corrected chi connectivity index (χ1v) is 6.02. The SMILES string of the molecule is CCc1ccc(Oc2cc([N+](=O)[O-])cc(NN)n2)cc1. The number of ether oxygens (including phenoxy) is 1. The van der Waals surface area contributed by atoms with Crippen molar-refractivity contribution in [3.05, 3.63) is 52.1 Å². The zero-order valence-electron chi connectivity index (χ0n) is 10.9. The van der Waals surface area contributed by atoms with Crippen molar-refractivity contribution in [3.8, 4) is 11.6 Å². The summed E-state index contributed by atoms with van der Waals surface area (Å²) in [4.78, 5) is 14.3. The van der Waals surface area contributed by atoms with Crippen molar-refractivity contribution < 1.29 is 9.66 Å². The van der Waals surface area contributed by atoms with Gasteiger partial charge in [0, 0.05) is 0 Å². The summed E-state index contributed by atoms with van der Waals surface area (Å²) >= 11 is 0. The zero-order chi connectivity index (χ0) is 14.5. The van der Waals surface area contributed by atoms with Gasteiger partial charge < -0.3 is 10.2 Å². The maximum absolute atomic E-state index is 10.8. The second-order valence-corrected chi connectivity index (χ2v) is 4.05. The van der Waals surface area contributed by atoms with Crippen molar-refractivity contribution >= 4 is 11.5 Å². The molecular formula is C13H14N4O3. The molecule has 20 heavy (non-hydrogen) atoms. The number of aryl methyl sites for hydroxylation is 1. The molecule has 0 aliphatic carbocycles. The van der Waals surface area contributed by atoms with Crippen LogP contribution >= 0.6 is 0 Å². The van der Waals surface area contributed by atoms with E-state index in [0.717, 1.165) is 6.42 Å². The summed E-state index contributed by atoms with van der Waals surface area (Å²) in [6.07, 6.45) is 0.927. The molecule has 2 rings (SSSR count). The van der Waals surface area contributed by atoms with Crippen LogP contribution in [0.3, 0.4) is 0 Å². The molecule has 0 bridgehead atoms. The molecule has 1 heterocycles. The van der Waals surface area contributed by atoms with Gasteiger partial charge in [-0.2, -0.15) is 4.98 Å². The predicted molar refractivity (Wildman–Crippen MR) is 74.6 cm³/mol. The van der Waals surface area contributed by atoms with E-state index in [4.69, 9.17) is 10.6 Å². The highest BCUT2D eigenvalue weighted by Gasteiger charge is 2.12. The number of anilines is 1. The lowest BCUT2D eigenvalue weighted by molar-refractivity contribution is -0.384. The minimum atomic E-state index is -0.532. The second-order valence-electron chi connectivity index (χ2n) is 4.05. The van der Waals surface area contributed by atoms with Crippen LogP contribution in [0.2, 0.25) is 0 Å². The predicted octanol–water partition coefficient (Wildman–Crippen LogP) is 2.63. The van der Waals surface area contributed by atoms with Crippen molar-refractivity contribution in [2.45, 2.75) is 13.3 Å². The molecule has 0 aliphatic rings. The largest absolute Gasteiger partial charge is 0.439 e. The Morgan fingerprint density at radius 2 is 2.05 bits per heavy atom. The van der Waals surface area contributed by atoms with Crippen LogP contribution in [0.1, 0.15) is 12.5 Å². The maximum atomic E-state index is 10.8. The summed E-state index contributed by atoms with van der Waals surface area (Å²) in [5.41, 5.74) is 3.30. The third-order valence-corrected chi connectivity index (χ3v) is 2.70. The number of nitrogens with two attached hydrogens (primary N) is 1. The van der Waals surface area contributed by atoms with Gasteiger partial charge in [0.05, 0.1) is 17.1 Å². The Morgan fingerprint density at radius 3 is 2.60 bits per heavy atom. The monoisotopic (exact) mass is 274 g/mol. The summed E-state index contributed by atoms with van der Waals surface area (Å²) in [5.74, 6) is 6.06. The highest BCUT2D eigenvalue weighted by Crippen LogP contribution is 2.26. The topological polar surface area (TPSA) is 103 Å². The van der Waals surface area contributed by atoms with Gasteiger partial charge in [-0.05, 0) is 24.1 Å².